The van der Waals surface area contributed by atoms with Gasteiger partial charge in [0, 0.05) is 13.2 Å². The number of aryl methyl sites for hydroxylation is 1. The van der Waals surface area contributed by atoms with Gasteiger partial charge in [-0.05, 0) is 19.4 Å². The van der Waals surface area contributed by atoms with Crippen molar-refractivity contribution in [3.63, 3.8) is 0 Å². The lowest BCUT2D eigenvalue weighted by Crippen LogP contribution is -2.48. The molecule has 1 amide bonds. The van der Waals surface area contributed by atoms with Gasteiger partial charge in [0.15, 0.2) is 0 Å². The molecule has 0 fully saturated rings. The summed E-state index contributed by atoms with van der Waals surface area (Å²) in [6.45, 7) is 3.04. The molecule has 7 nitrogen and oxygen atoms in total. The number of nitrogens with zero attached hydrogens (tertiary/aromatic N) is 1. The van der Waals surface area contributed by atoms with E-state index in [1.54, 1.807) is 13.8 Å². The molecule has 0 bridgehead atoms. The molecule has 1 unspecified atom stereocenters. The molecule has 108 valence electrons. The molecule has 1 heterocycles. The highest BCUT2D eigenvalue weighted by molar-refractivity contribution is 7.89. The topological polar surface area (TPSA) is 114 Å². The van der Waals surface area contributed by atoms with E-state index in [2.05, 4.69) is 4.72 Å². The van der Waals surface area contributed by atoms with Gasteiger partial charge in [0.1, 0.15) is 10.6 Å². The Morgan fingerprint density at radius 3 is 2.53 bits per heavy atom. The van der Waals surface area contributed by atoms with Crippen LogP contribution in [-0.4, -0.2) is 36.1 Å². The van der Waals surface area contributed by atoms with Gasteiger partial charge in [0.25, 0.3) is 5.91 Å². The van der Waals surface area contributed by atoms with E-state index in [0.29, 0.717) is 6.42 Å². The molecule has 1 atom stereocenters. The second-order valence-electron chi connectivity index (χ2n) is 4.71. The van der Waals surface area contributed by atoms with Gasteiger partial charge in [-0.25, -0.2) is 13.1 Å². The Balaban J connectivity index is 3.15. The number of aromatic nitrogens is 1. The molecule has 0 aliphatic rings. The Morgan fingerprint density at radius 1 is 1.58 bits per heavy atom. The zero-order valence-electron chi connectivity index (χ0n) is 11.2. The number of carbonyl (C=O) groups is 1. The number of carbonyl (C=O) groups excluding carboxylic acids is 1. The molecule has 0 radical (unpaired) electrons. The van der Waals surface area contributed by atoms with Crippen LogP contribution in [-0.2, 0) is 17.1 Å². The molecule has 1 aromatic heterocycles. The summed E-state index contributed by atoms with van der Waals surface area (Å²) in [5.74, 6) is -0.704. The van der Waals surface area contributed by atoms with Crippen molar-refractivity contribution >= 4 is 15.9 Å². The normalized spacial score (nSPS) is 15.2. The van der Waals surface area contributed by atoms with E-state index in [0.717, 1.165) is 0 Å². The van der Waals surface area contributed by atoms with Gasteiger partial charge in [-0.2, -0.15) is 0 Å². The third-order valence-electron chi connectivity index (χ3n) is 3.05. The van der Waals surface area contributed by atoms with Gasteiger partial charge in [0.05, 0.1) is 12.1 Å². The molecule has 4 N–H and O–H groups in total. The number of hydrogen-bond donors (Lipinski definition) is 3. The van der Waals surface area contributed by atoms with Crippen molar-refractivity contribution in [2.75, 3.05) is 6.61 Å². The molecular weight excluding hydrogens is 270 g/mol. The fourth-order valence-electron chi connectivity index (χ4n) is 1.53. The first kappa shape index (κ1) is 15.7. The Labute approximate surface area is 112 Å². The smallest absolute Gasteiger partial charge is 0.265 e. The zero-order valence-corrected chi connectivity index (χ0v) is 12.0. The fraction of sp³-hybridized carbons (Fsp3) is 0.545. The molecule has 8 heteroatoms. The van der Waals surface area contributed by atoms with Crippen LogP contribution in [0.1, 0.15) is 30.8 Å². The molecule has 0 saturated heterocycles. The number of aliphatic hydroxyl groups excluding tert-OH is 1. The third-order valence-corrected chi connectivity index (χ3v) is 4.66. The highest BCUT2D eigenvalue weighted by Gasteiger charge is 2.29. The predicted molar refractivity (Wildman–Crippen MR) is 70.0 cm³/mol. The maximum Gasteiger partial charge on any atom is 0.265 e. The highest BCUT2D eigenvalue weighted by Crippen LogP contribution is 2.17. The van der Waals surface area contributed by atoms with Gasteiger partial charge < -0.3 is 15.4 Å². The molecule has 0 spiro atoms. The third kappa shape index (κ3) is 3.34. The van der Waals surface area contributed by atoms with Crippen molar-refractivity contribution in [3.8, 4) is 0 Å². The van der Waals surface area contributed by atoms with Crippen LogP contribution in [0.2, 0.25) is 0 Å². The van der Waals surface area contributed by atoms with Gasteiger partial charge in [-0.15, -0.1) is 0 Å². The van der Waals surface area contributed by atoms with Crippen LogP contribution in [0, 0.1) is 0 Å². The minimum absolute atomic E-state index is 0.0584. The van der Waals surface area contributed by atoms with Crippen LogP contribution in [0.4, 0.5) is 0 Å². The molecule has 1 aromatic rings. The van der Waals surface area contributed by atoms with Gasteiger partial charge in [0.2, 0.25) is 10.0 Å². The van der Waals surface area contributed by atoms with E-state index in [1.807, 2.05) is 0 Å². The van der Waals surface area contributed by atoms with E-state index in [4.69, 9.17) is 5.73 Å². The second kappa shape index (κ2) is 5.32. The van der Waals surface area contributed by atoms with Gasteiger partial charge in [-0.1, -0.05) is 6.92 Å². The summed E-state index contributed by atoms with van der Waals surface area (Å²) in [5, 5.41) is 9.24. The number of primary amides is 1. The van der Waals surface area contributed by atoms with Crippen molar-refractivity contribution in [1.29, 1.82) is 0 Å². The minimum atomic E-state index is -3.82. The van der Waals surface area contributed by atoms with Crippen molar-refractivity contribution in [2.45, 2.75) is 30.7 Å². The number of nitrogens with two attached hydrogens (primary N) is 1. The van der Waals surface area contributed by atoms with E-state index in [9.17, 15) is 18.3 Å². The molecule has 0 aliphatic carbocycles. The number of amides is 1. The molecular formula is C11H19N3O4S. The molecule has 1 rings (SSSR count). The summed E-state index contributed by atoms with van der Waals surface area (Å²) in [5.41, 5.74) is 4.29. The summed E-state index contributed by atoms with van der Waals surface area (Å²) in [4.78, 5) is 11.0. The zero-order chi connectivity index (χ0) is 14.8. The first-order valence-corrected chi connectivity index (χ1v) is 7.24. The van der Waals surface area contributed by atoms with Crippen LogP contribution in [0.25, 0.3) is 0 Å². The monoisotopic (exact) mass is 289 g/mol. The molecule has 0 aliphatic heterocycles. The van der Waals surface area contributed by atoms with Crippen molar-refractivity contribution in [3.05, 3.63) is 18.0 Å². The second-order valence-corrected chi connectivity index (χ2v) is 6.40. The average molecular weight is 289 g/mol. The van der Waals surface area contributed by atoms with Crippen LogP contribution in [0.3, 0.4) is 0 Å². The van der Waals surface area contributed by atoms with Crippen LogP contribution < -0.4 is 10.5 Å². The van der Waals surface area contributed by atoms with Crippen molar-refractivity contribution in [2.24, 2.45) is 12.8 Å². The van der Waals surface area contributed by atoms with E-state index < -0.39 is 21.5 Å². The lowest BCUT2D eigenvalue weighted by molar-refractivity contribution is 0.0992. The SMILES string of the molecule is CCC(C)(CO)NS(=O)(=O)c1cc(C(N)=O)n(C)c1. The number of rotatable bonds is 6. The maximum atomic E-state index is 12.2. The highest BCUT2D eigenvalue weighted by atomic mass is 32.2. The first-order chi connectivity index (χ1) is 8.65. The van der Waals surface area contributed by atoms with Gasteiger partial charge >= 0.3 is 0 Å². The fourth-order valence-corrected chi connectivity index (χ4v) is 3.06. The minimum Gasteiger partial charge on any atom is -0.394 e. The van der Waals surface area contributed by atoms with Gasteiger partial charge in [-0.3, -0.25) is 4.79 Å². The lowest BCUT2D eigenvalue weighted by atomic mass is 10.0. The number of hydrogen-bond acceptors (Lipinski definition) is 4. The van der Waals surface area contributed by atoms with E-state index in [-0.39, 0.29) is 17.2 Å². The maximum absolute atomic E-state index is 12.2. The van der Waals surface area contributed by atoms with Crippen molar-refractivity contribution < 1.29 is 18.3 Å². The quantitative estimate of drug-likeness (QED) is 0.658. The molecule has 0 aromatic carbocycles. The predicted octanol–water partition coefficient (Wildman–Crippen LogP) is -0.437. The summed E-state index contributed by atoms with van der Waals surface area (Å²) in [7, 11) is -2.28. The summed E-state index contributed by atoms with van der Waals surface area (Å²) in [6, 6.07) is 1.21. The average Bonchev–Trinajstić information content (AvgIpc) is 2.71. The largest absolute Gasteiger partial charge is 0.394 e. The number of aliphatic hydroxyl groups is 1. The number of sulfonamides is 1. The standard InChI is InChI=1S/C11H19N3O4S/c1-4-11(2,7-15)13-19(17,18)8-5-9(10(12)16)14(3)6-8/h5-6,13,15H,4,7H2,1-3H3,(H2,12,16). The molecule has 19 heavy (non-hydrogen) atoms. The van der Waals surface area contributed by atoms with Crippen molar-refractivity contribution in [1.82, 2.24) is 9.29 Å². The number of nitrogens with one attached hydrogen (secondary N) is 1. The Morgan fingerprint density at radius 2 is 2.16 bits per heavy atom. The Kier molecular flexibility index (Phi) is 4.39. The lowest BCUT2D eigenvalue weighted by Gasteiger charge is -2.26. The Bertz CT molecular complexity index is 573. The summed E-state index contributed by atoms with van der Waals surface area (Å²) >= 11 is 0. The Hall–Kier alpha value is -1.38. The van der Waals surface area contributed by atoms with Crippen LogP contribution in [0.5, 0.6) is 0 Å². The van der Waals surface area contributed by atoms with Crippen LogP contribution in [0.15, 0.2) is 17.2 Å². The van der Waals surface area contributed by atoms with E-state index in [1.165, 1.54) is 23.9 Å². The first-order valence-electron chi connectivity index (χ1n) is 5.76. The summed E-state index contributed by atoms with van der Waals surface area (Å²) < 4.78 is 28.1. The van der Waals surface area contributed by atoms with E-state index >= 15 is 0 Å². The van der Waals surface area contributed by atoms with Crippen LogP contribution >= 0.6 is 0 Å². The summed E-state index contributed by atoms with van der Waals surface area (Å²) in [6.07, 6.45) is 1.73. The molecule has 0 saturated carbocycles.